The third-order valence-electron chi connectivity index (χ3n) is 3.07. The largest absolute Gasteiger partial charge is 0.314 e. The average Bonchev–Trinajstić information content (AvgIpc) is 2.20. The number of rotatable bonds is 6. The van der Waals surface area contributed by atoms with Gasteiger partial charge in [-0.05, 0) is 45.7 Å². The lowest BCUT2D eigenvalue weighted by Crippen LogP contribution is -2.40. The van der Waals surface area contributed by atoms with E-state index in [9.17, 15) is 0 Å². The zero-order chi connectivity index (χ0) is 10.2. The van der Waals surface area contributed by atoms with Gasteiger partial charge in [0, 0.05) is 12.1 Å². The smallest absolute Gasteiger partial charge is 0.00817 e. The van der Waals surface area contributed by atoms with Gasteiger partial charge in [-0.25, -0.2) is 0 Å². The molecule has 0 aromatic heterocycles. The van der Waals surface area contributed by atoms with Crippen LogP contribution in [0.5, 0.6) is 0 Å². The predicted molar refractivity (Wildman–Crippen MR) is 62.6 cm³/mol. The van der Waals surface area contributed by atoms with Gasteiger partial charge in [-0.1, -0.05) is 19.8 Å². The Kier molecular flexibility index (Phi) is 6.20. The molecule has 2 heteroatoms. The number of hydrogen-bond donors (Lipinski definition) is 2. The quantitative estimate of drug-likeness (QED) is 0.640. The molecule has 0 bridgehead atoms. The van der Waals surface area contributed by atoms with E-state index in [1.807, 2.05) is 0 Å². The Labute approximate surface area is 88.8 Å². The molecule has 2 atom stereocenters. The normalized spacial score (nSPS) is 24.9. The summed E-state index contributed by atoms with van der Waals surface area (Å²) >= 11 is 0. The highest BCUT2D eigenvalue weighted by Crippen LogP contribution is 2.11. The molecule has 1 rings (SSSR count). The molecule has 2 N–H and O–H groups in total. The Hall–Kier alpha value is -0.0800. The second-order valence-electron chi connectivity index (χ2n) is 4.59. The summed E-state index contributed by atoms with van der Waals surface area (Å²) in [6.45, 7) is 6.97. The monoisotopic (exact) mass is 198 g/mol. The summed E-state index contributed by atoms with van der Waals surface area (Å²) in [5, 5.41) is 7.19. The summed E-state index contributed by atoms with van der Waals surface area (Å²) in [6.07, 6.45) is 8.06. The van der Waals surface area contributed by atoms with Crippen molar-refractivity contribution in [1.82, 2.24) is 10.6 Å². The maximum Gasteiger partial charge on any atom is 0.00817 e. The molecule has 0 radical (unpaired) electrons. The van der Waals surface area contributed by atoms with Crippen molar-refractivity contribution in [2.75, 3.05) is 13.1 Å². The molecule has 2 unspecified atom stereocenters. The Morgan fingerprint density at radius 1 is 1.43 bits per heavy atom. The number of piperidine rings is 1. The third kappa shape index (κ3) is 4.97. The van der Waals surface area contributed by atoms with Gasteiger partial charge in [-0.15, -0.1) is 0 Å². The summed E-state index contributed by atoms with van der Waals surface area (Å²) in [5.74, 6) is 0. The van der Waals surface area contributed by atoms with Gasteiger partial charge in [0.1, 0.15) is 0 Å². The van der Waals surface area contributed by atoms with Crippen LogP contribution in [0.3, 0.4) is 0 Å². The van der Waals surface area contributed by atoms with E-state index >= 15 is 0 Å². The van der Waals surface area contributed by atoms with Crippen molar-refractivity contribution in [3.8, 4) is 0 Å². The van der Waals surface area contributed by atoms with Gasteiger partial charge in [-0.3, -0.25) is 0 Å². The van der Waals surface area contributed by atoms with Crippen LogP contribution < -0.4 is 10.6 Å². The molecule has 1 heterocycles. The van der Waals surface area contributed by atoms with Crippen molar-refractivity contribution in [3.05, 3.63) is 0 Å². The van der Waals surface area contributed by atoms with Gasteiger partial charge in [0.2, 0.25) is 0 Å². The summed E-state index contributed by atoms with van der Waals surface area (Å²) in [6, 6.07) is 1.45. The molecule has 1 aliphatic heterocycles. The summed E-state index contributed by atoms with van der Waals surface area (Å²) in [5.41, 5.74) is 0. The first kappa shape index (κ1) is 12.0. The first-order valence-corrected chi connectivity index (χ1v) is 6.29. The topological polar surface area (TPSA) is 24.1 Å². The molecule has 1 aliphatic rings. The minimum Gasteiger partial charge on any atom is -0.314 e. The lowest BCUT2D eigenvalue weighted by Gasteiger charge is -2.26. The van der Waals surface area contributed by atoms with Crippen LogP contribution >= 0.6 is 0 Å². The Morgan fingerprint density at radius 2 is 2.29 bits per heavy atom. The molecule has 0 aliphatic carbocycles. The highest BCUT2D eigenvalue weighted by atomic mass is 14.9. The van der Waals surface area contributed by atoms with Crippen LogP contribution in [-0.4, -0.2) is 25.2 Å². The second-order valence-corrected chi connectivity index (χ2v) is 4.59. The van der Waals surface area contributed by atoms with Crippen LogP contribution in [0.25, 0.3) is 0 Å². The van der Waals surface area contributed by atoms with Gasteiger partial charge in [0.15, 0.2) is 0 Å². The van der Waals surface area contributed by atoms with E-state index in [4.69, 9.17) is 0 Å². The third-order valence-corrected chi connectivity index (χ3v) is 3.07. The molecule has 0 aromatic rings. The summed E-state index contributed by atoms with van der Waals surface area (Å²) < 4.78 is 0. The van der Waals surface area contributed by atoms with Crippen molar-refractivity contribution in [2.24, 2.45) is 0 Å². The summed E-state index contributed by atoms with van der Waals surface area (Å²) in [7, 11) is 0. The van der Waals surface area contributed by atoms with E-state index < -0.39 is 0 Å². The Balaban J connectivity index is 2.03. The molecule has 0 aromatic carbocycles. The van der Waals surface area contributed by atoms with Gasteiger partial charge in [0.25, 0.3) is 0 Å². The maximum absolute atomic E-state index is 3.60. The SMILES string of the molecule is CCCCNC(C)CC1CCCCN1. The van der Waals surface area contributed by atoms with Crippen LogP contribution in [0.2, 0.25) is 0 Å². The molecule has 84 valence electrons. The van der Waals surface area contributed by atoms with Crippen molar-refractivity contribution >= 4 is 0 Å². The fourth-order valence-electron chi connectivity index (χ4n) is 2.16. The molecule has 2 nitrogen and oxygen atoms in total. The Morgan fingerprint density at radius 3 is 2.93 bits per heavy atom. The zero-order valence-corrected chi connectivity index (χ0v) is 9.81. The maximum atomic E-state index is 3.60. The minimum atomic E-state index is 0.678. The first-order valence-electron chi connectivity index (χ1n) is 6.29. The fraction of sp³-hybridized carbons (Fsp3) is 1.00. The van der Waals surface area contributed by atoms with Gasteiger partial charge in [0.05, 0.1) is 0 Å². The highest BCUT2D eigenvalue weighted by molar-refractivity contribution is 4.76. The van der Waals surface area contributed by atoms with E-state index in [2.05, 4.69) is 24.5 Å². The molecular formula is C12H26N2. The van der Waals surface area contributed by atoms with Gasteiger partial charge >= 0.3 is 0 Å². The average molecular weight is 198 g/mol. The van der Waals surface area contributed by atoms with Crippen molar-refractivity contribution < 1.29 is 0 Å². The lowest BCUT2D eigenvalue weighted by molar-refractivity contribution is 0.344. The van der Waals surface area contributed by atoms with Crippen LogP contribution in [-0.2, 0) is 0 Å². The number of unbranched alkanes of at least 4 members (excludes halogenated alkanes) is 1. The zero-order valence-electron chi connectivity index (χ0n) is 9.81. The second kappa shape index (κ2) is 7.24. The highest BCUT2D eigenvalue weighted by Gasteiger charge is 2.14. The number of hydrogen-bond acceptors (Lipinski definition) is 2. The molecule has 0 amide bonds. The van der Waals surface area contributed by atoms with E-state index in [1.165, 1.54) is 51.6 Å². The van der Waals surface area contributed by atoms with E-state index in [1.54, 1.807) is 0 Å². The number of nitrogens with one attached hydrogen (secondary N) is 2. The van der Waals surface area contributed by atoms with E-state index in [-0.39, 0.29) is 0 Å². The molecule has 1 saturated heterocycles. The van der Waals surface area contributed by atoms with Gasteiger partial charge < -0.3 is 10.6 Å². The molecule has 0 saturated carbocycles. The molecule has 1 fully saturated rings. The van der Waals surface area contributed by atoms with Crippen LogP contribution in [0, 0.1) is 0 Å². The van der Waals surface area contributed by atoms with Gasteiger partial charge in [-0.2, -0.15) is 0 Å². The van der Waals surface area contributed by atoms with Crippen molar-refractivity contribution in [1.29, 1.82) is 0 Å². The van der Waals surface area contributed by atoms with Crippen LogP contribution in [0.4, 0.5) is 0 Å². The van der Waals surface area contributed by atoms with Crippen LogP contribution in [0.15, 0.2) is 0 Å². The van der Waals surface area contributed by atoms with E-state index in [0.29, 0.717) is 6.04 Å². The molecular weight excluding hydrogens is 172 g/mol. The fourth-order valence-corrected chi connectivity index (χ4v) is 2.16. The van der Waals surface area contributed by atoms with E-state index in [0.717, 1.165) is 6.04 Å². The molecule has 14 heavy (non-hydrogen) atoms. The molecule has 0 spiro atoms. The van der Waals surface area contributed by atoms with Crippen molar-refractivity contribution in [3.63, 3.8) is 0 Å². The minimum absolute atomic E-state index is 0.678. The Bertz CT molecular complexity index is 130. The standard InChI is InChI=1S/C12H26N2/c1-3-4-8-13-11(2)10-12-7-5-6-9-14-12/h11-14H,3-10H2,1-2H3. The summed E-state index contributed by atoms with van der Waals surface area (Å²) in [4.78, 5) is 0. The van der Waals surface area contributed by atoms with Crippen LogP contribution in [0.1, 0.15) is 52.4 Å². The van der Waals surface area contributed by atoms with Crippen molar-refractivity contribution in [2.45, 2.75) is 64.5 Å². The first-order chi connectivity index (χ1) is 6.83. The predicted octanol–water partition coefficient (Wildman–Crippen LogP) is 2.30. The lowest BCUT2D eigenvalue weighted by atomic mass is 9.99.